The molecule has 0 aliphatic carbocycles. The second-order valence-electron chi connectivity index (χ2n) is 4.46. The summed E-state index contributed by atoms with van der Waals surface area (Å²) in [5.41, 5.74) is 2.04. The van der Waals surface area contributed by atoms with Crippen LogP contribution in [0, 0.1) is 19.7 Å². The molecule has 0 unspecified atom stereocenters. The van der Waals surface area contributed by atoms with E-state index in [0.717, 1.165) is 11.1 Å². The Morgan fingerprint density at radius 3 is 2.67 bits per heavy atom. The van der Waals surface area contributed by atoms with Gasteiger partial charge in [-0.15, -0.1) is 10.2 Å². The van der Waals surface area contributed by atoms with Crippen molar-refractivity contribution in [1.82, 2.24) is 15.1 Å². The molecule has 0 aliphatic rings. The standard InChI is InChI=1S/C13H16FN3O/c1-9-4-5-12(14)6-11(9)7-17(3)8-13-16-15-10(2)18-13/h4-6H,7-8H2,1-3H3. The number of benzene rings is 1. The Balaban J connectivity index is 2.02. The van der Waals surface area contributed by atoms with Crippen molar-refractivity contribution in [3.05, 3.63) is 46.9 Å². The summed E-state index contributed by atoms with van der Waals surface area (Å²) in [4.78, 5) is 2.01. The number of aromatic nitrogens is 2. The van der Waals surface area contributed by atoms with Crippen LogP contribution in [0.4, 0.5) is 4.39 Å². The zero-order chi connectivity index (χ0) is 13.1. The second-order valence-corrected chi connectivity index (χ2v) is 4.46. The molecule has 0 atom stereocenters. The highest BCUT2D eigenvalue weighted by Gasteiger charge is 2.09. The maximum absolute atomic E-state index is 13.2. The van der Waals surface area contributed by atoms with E-state index in [4.69, 9.17) is 4.42 Å². The van der Waals surface area contributed by atoms with E-state index in [2.05, 4.69) is 10.2 Å². The fraction of sp³-hybridized carbons (Fsp3) is 0.385. The van der Waals surface area contributed by atoms with E-state index in [1.54, 1.807) is 19.1 Å². The van der Waals surface area contributed by atoms with Gasteiger partial charge in [0.05, 0.1) is 6.54 Å². The van der Waals surface area contributed by atoms with E-state index >= 15 is 0 Å². The molecule has 0 amide bonds. The third-order valence-electron chi connectivity index (χ3n) is 2.72. The van der Waals surface area contributed by atoms with Crippen molar-refractivity contribution in [2.24, 2.45) is 0 Å². The number of rotatable bonds is 4. The molecule has 18 heavy (non-hydrogen) atoms. The molecule has 1 aromatic heterocycles. The molecule has 5 heteroatoms. The van der Waals surface area contributed by atoms with Gasteiger partial charge in [0.25, 0.3) is 0 Å². The molecule has 0 aliphatic heterocycles. The van der Waals surface area contributed by atoms with E-state index < -0.39 is 0 Å². The van der Waals surface area contributed by atoms with E-state index in [1.807, 2.05) is 18.9 Å². The van der Waals surface area contributed by atoms with Gasteiger partial charge < -0.3 is 4.42 Å². The molecule has 0 fully saturated rings. The first-order valence-corrected chi connectivity index (χ1v) is 5.77. The average molecular weight is 249 g/mol. The maximum atomic E-state index is 13.2. The highest BCUT2D eigenvalue weighted by atomic mass is 19.1. The van der Waals surface area contributed by atoms with Crippen LogP contribution in [0.25, 0.3) is 0 Å². The molecule has 0 saturated heterocycles. The van der Waals surface area contributed by atoms with Crippen molar-refractivity contribution in [1.29, 1.82) is 0 Å². The third-order valence-corrected chi connectivity index (χ3v) is 2.72. The molecule has 96 valence electrons. The third kappa shape index (κ3) is 3.13. The minimum absolute atomic E-state index is 0.211. The second kappa shape index (κ2) is 5.27. The fourth-order valence-corrected chi connectivity index (χ4v) is 1.79. The van der Waals surface area contributed by atoms with Gasteiger partial charge in [0, 0.05) is 13.5 Å². The molecular formula is C13H16FN3O. The highest BCUT2D eigenvalue weighted by Crippen LogP contribution is 2.13. The van der Waals surface area contributed by atoms with Crippen LogP contribution in [-0.2, 0) is 13.1 Å². The van der Waals surface area contributed by atoms with Crippen molar-refractivity contribution < 1.29 is 8.81 Å². The normalized spacial score (nSPS) is 11.2. The van der Waals surface area contributed by atoms with Crippen molar-refractivity contribution in [3.8, 4) is 0 Å². The first-order valence-electron chi connectivity index (χ1n) is 5.77. The molecule has 4 nitrogen and oxygen atoms in total. The summed E-state index contributed by atoms with van der Waals surface area (Å²) in [6, 6.07) is 4.82. The van der Waals surface area contributed by atoms with Crippen LogP contribution in [0.2, 0.25) is 0 Å². The minimum atomic E-state index is -0.211. The van der Waals surface area contributed by atoms with Crippen LogP contribution in [0.1, 0.15) is 22.9 Å². The van der Waals surface area contributed by atoms with Crippen LogP contribution < -0.4 is 0 Å². The zero-order valence-corrected chi connectivity index (χ0v) is 10.8. The van der Waals surface area contributed by atoms with Gasteiger partial charge >= 0.3 is 0 Å². The Hall–Kier alpha value is -1.75. The van der Waals surface area contributed by atoms with E-state index in [0.29, 0.717) is 24.9 Å². The summed E-state index contributed by atoms with van der Waals surface area (Å²) < 4.78 is 18.5. The number of hydrogen-bond acceptors (Lipinski definition) is 4. The summed E-state index contributed by atoms with van der Waals surface area (Å²) in [5.74, 6) is 0.919. The van der Waals surface area contributed by atoms with Crippen molar-refractivity contribution in [2.75, 3.05) is 7.05 Å². The maximum Gasteiger partial charge on any atom is 0.230 e. The molecule has 1 aromatic carbocycles. The van der Waals surface area contributed by atoms with Crippen LogP contribution in [0.5, 0.6) is 0 Å². The summed E-state index contributed by atoms with van der Waals surface area (Å²) in [6.45, 7) is 4.93. The van der Waals surface area contributed by atoms with Crippen LogP contribution >= 0.6 is 0 Å². The number of hydrogen-bond donors (Lipinski definition) is 0. The zero-order valence-electron chi connectivity index (χ0n) is 10.8. The SMILES string of the molecule is Cc1nnc(CN(C)Cc2cc(F)ccc2C)o1. The molecule has 2 aromatic rings. The molecule has 2 rings (SSSR count). The van der Waals surface area contributed by atoms with Gasteiger partial charge in [-0.25, -0.2) is 4.39 Å². The topological polar surface area (TPSA) is 42.2 Å². The van der Waals surface area contributed by atoms with Gasteiger partial charge in [-0.2, -0.15) is 0 Å². The van der Waals surface area contributed by atoms with E-state index in [9.17, 15) is 4.39 Å². The number of nitrogens with zero attached hydrogens (tertiary/aromatic N) is 3. The molecule has 1 heterocycles. The lowest BCUT2D eigenvalue weighted by Gasteiger charge is -2.15. The Kier molecular flexibility index (Phi) is 3.72. The smallest absolute Gasteiger partial charge is 0.230 e. The molecular weight excluding hydrogens is 233 g/mol. The first kappa shape index (κ1) is 12.7. The van der Waals surface area contributed by atoms with Gasteiger partial charge in [-0.1, -0.05) is 6.07 Å². The van der Waals surface area contributed by atoms with Gasteiger partial charge in [0.2, 0.25) is 11.8 Å². The average Bonchev–Trinajstić information content (AvgIpc) is 2.69. The Labute approximate surface area is 105 Å². The summed E-state index contributed by atoms with van der Waals surface area (Å²) in [7, 11) is 1.93. The van der Waals surface area contributed by atoms with Crippen molar-refractivity contribution >= 4 is 0 Å². The Morgan fingerprint density at radius 2 is 2.00 bits per heavy atom. The van der Waals surface area contributed by atoms with Crippen molar-refractivity contribution in [2.45, 2.75) is 26.9 Å². The van der Waals surface area contributed by atoms with Gasteiger partial charge in [0.15, 0.2) is 0 Å². The monoisotopic (exact) mass is 249 g/mol. The largest absolute Gasteiger partial charge is 0.424 e. The fourth-order valence-electron chi connectivity index (χ4n) is 1.79. The van der Waals surface area contributed by atoms with E-state index in [-0.39, 0.29) is 5.82 Å². The lowest BCUT2D eigenvalue weighted by Crippen LogP contribution is -2.18. The predicted molar refractivity (Wildman–Crippen MR) is 65.3 cm³/mol. The summed E-state index contributed by atoms with van der Waals surface area (Å²) in [5, 5.41) is 7.71. The molecule has 0 bridgehead atoms. The summed E-state index contributed by atoms with van der Waals surface area (Å²) >= 11 is 0. The quantitative estimate of drug-likeness (QED) is 0.834. The van der Waals surface area contributed by atoms with Gasteiger partial charge in [0.1, 0.15) is 5.82 Å². The Bertz CT molecular complexity index is 539. The number of halogens is 1. The lowest BCUT2D eigenvalue weighted by atomic mass is 10.1. The molecule has 0 N–H and O–H groups in total. The number of aryl methyl sites for hydroxylation is 2. The molecule has 0 radical (unpaired) electrons. The van der Waals surface area contributed by atoms with Crippen molar-refractivity contribution in [3.63, 3.8) is 0 Å². The van der Waals surface area contributed by atoms with Gasteiger partial charge in [-0.3, -0.25) is 4.90 Å². The molecule has 0 saturated carbocycles. The van der Waals surface area contributed by atoms with Crippen LogP contribution in [-0.4, -0.2) is 22.1 Å². The predicted octanol–water partition coefficient (Wildman–Crippen LogP) is 2.46. The first-order chi connectivity index (χ1) is 8.54. The highest BCUT2D eigenvalue weighted by molar-refractivity contribution is 5.26. The Morgan fingerprint density at radius 1 is 1.22 bits per heavy atom. The van der Waals surface area contributed by atoms with E-state index in [1.165, 1.54) is 6.07 Å². The minimum Gasteiger partial charge on any atom is -0.424 e. The lowest BCUT2D eigenvalue weighted by molar-refractivity contribution is 0.278. The van der Waals surface area contributed by atoms with Crippen LogP contribution in [0.3, 0.4) is 0 Å². The summed E-state index contributed by atoms with van der Waals surface area (Å²) in [6.07, 6.45) is 0. The van der Waals surface area contributed by atoms with Crippen LogP contribution in [0.15, 0.2) is 22.6 Å². The van der Waals surface area contributed by atoms with Gasteiger partial charge in [-0.05, 0) is 37.2 Å². The molecule has 0 spiro atoms.